The third kappa shape index (κ3) is 4.40. The molecule has 0 unspecified atom stereocenters. The van der Waals surface area contributed by atoms with Crippen molar-refractivity contribution in [2.75, 3.05) is 13.6 Å². The summed E-state index contributed by atoms with van der Waals surface area (Å²) in [6.07, 6.45) is 4.51. The van der Waals surface area contributed by atoms with Crippen LogP contribution in [0.4, 0.5) is 0 Å². The van der Waals surface area contributed by atoms with Gasteiger partial charge in [-0.2, -0.15) is 0 Å². The van der Waals surface area contributed by atoms with E-state index in [4.69, 9.17) is 0 Å². The Kier molecular flexibility index (Phi) is 5.45. The standard InChI is InChI=1S/C11H16BrNS/c1-9(4-3-7-13-2)8-10-5-6-11(12)14-10/h4-6,13H,3,7-8H2,1-2H3. The first-order valence-electron chi connectivity index (χ1n) is 4.77. The van der Waals surface area contributed by atoms with Gasteiger partial charge in [0.25, 0.3) is 0 Å². The van der Waals surface area contributed by atoms with Crippen LogP contribution < -0.4 is 5.32 Å². The lowest BCUT2D eigenvalue weighted by atomic mass is 10.1. The van der Waals surface area contributed by atoms with Crippen LogP contribution in [-0.4, -0.2) is 13.6 Å². The molecule has 0 aliphatic carbocycles. The highest BCUT2D eigenvalue weighted by atomic mass is 79.9. The second-order valence-electron chi connectivity index (χ2n) is 3.33. The van der Waals surface area contributed by atoms with Gasteiger partial charge < -0.3 is 5.32 Å². The lowest BCUT2D eigenvalue weighted by Gasteiger charge is -1.98. The summed E-state index contributed by atoms with van der Waals surface area (Å²) >= 11 is 5.29. The van der Waals surface area contributed by atoms with Gasteiger partial charge >= 0.3 is 0 Å². The molecule has 0 radical (unpaired) electrons. The van der Waals surface area contributed by atoms with Crippen molar-refractivity contribution in [1.29, 1.82) is 0 Å². The molecule has 0 aliphatic rings. The molecular formula is C11H16BrNS. The number of hydrogen-bond acceptors (Lipinski definition) is 2. The molecule has 0 amide bonds. The van der Waals surface area contributed by atoms with Gasteiger partial charge in [-0.05, 0) is 55.0 Å². The molecule has 1 N–H and O–H groups in total. The van der Waals surface area contributed by atoms with E-state index in [-0.39, 0.29) is 0 Å². The average molecular weight is 274 g/mol. The maximum absolute atomic E-state index is 3.47. The van der Waals surface area contributed by atoms with Gasteiger partial charge in [-0.15, -0.1) is 11.3 Å². The summed E-state index contributed by atoms with van der Waals surface area (Å²) in [4.78, 5) is 1.43. The molecule has 78 valence electrons. The summed E-state index contributed by atoms with van der Waals surface area (Å²) in [6, 6.07) is 4.30. The van der Waals surface area contributed by atoms with Crippen molar-refractivity contribution < 1.29 is 0 Å². The molecule has 14 heavy (non-hydrogen) atoms. The lowest BCUT2D eigenvalue weighted by Crippen LogP contribution is -2.06. The Hall–Kier alpha value is -0.120. The van der Waals surface area contributed by atoms with Crippen LogP contribution in [-0.2, 0) is 6.42 Å². The van der Waals surface area contributed by atoms with Crippen molar-refractivity contribution in [3.63, 3.8) is 0 Å². The SMILES string of the molecule is CNCCC=C(C)Cc1ccc(Br)s1. The van der Waals surface area contributed by atoms with Crippen LogP contribution in [0.15, 0.2) is 27.6 Å². The second kappa shape index (κ2) is 6.38. The van der Waals surface area contributed by atoms with Crippen LogP contribution in [0.2, 0.25) is 0 Å². The van der Waals surface area contributed by atoms with Gasteiger partial charge in [0.15, 0.2) is 0 Å². The Morgan fingerprint density at radius 1 is 1.57 bits per heavy atom. The van der Waals surface area contributed by atoms with E-state index in [0.717, 1.165) is 19.4 Å². The number of nitrogens with one attached hydrogen (secondary N) is 1. The predicted octanol–water partition coefficient (Wildman–Crippen LogP) is 3.61. The Labute approximate surface area is 98.4 Å². The normalized spacial score (nSPS) is 12.1. The first kappa shape index (κ1) is 12.0. The van der Waals surface area contributed by atoms with Gasteiger partial charge in [0.05, 0.1) is 3.79 Å². The molecule has 3 heteroatoms. The number of rotatable bonds is 5. The number of thiophene rings is 1. The maximum atomic E-state index is 3.47. The van der Waals surface area contributed by atoms with Crippen LogP contribution in [0, 0.1) is 0 Å². The molecule has 0 spiro atoms. The minimum Gasteiger partial charge on any atom is -0.319 e. The van der Waals surface area contributed by atoms with E-state index in [9.17, 15) is 0 Å². The molecule has 0 aromatic carbocycles. The van der Waals surface area contributed by atoms with Crippen molar-refractivity contribution in [3.8, 4) is 0 Å². The van der Waals surface area contributed by atoms with Crippen LogP contribution in [0.3, 0.4) is 0 Å². The Morgan fingerprint density at radius 3 is 2.93 bits per heavy atom. The van der Waals surface area contributed by atoms with Gasteiger partial charge in [0.1, 0.15) is 0 Å². The third-order valence-electron chi connectivity index (χ3n) is 1.97. The zero-order valence-electron chi connectivity index (χ0n) is 8.64. The van der Waals surface area contributed by atoms with Crippen molar-refractivity contribution in [1.82, 2.24) is 5.32 Å². The van der Waals surface area contributed by atoms with Crippen LogP contribution in [0.1, 0.15) is 18.2 Å². The Bertz CT molecular complexity index is 304. The molecule has 0 bridgehead atoms. The lowest BCUT2D eigenvalue weighted by molar-refractivity contribution is 0.803. The fraction of sp³-hybridized carbons (Fsp3) is 0.455. The zero-order valence-corrected chi connectivity index (χ0v) is 11.0. The zero-order chi connectivity index (χ0) is 10.4. The highest BCUT2D eigenvalue weighted by Crippen LogP contribution is 2.24. The molecule has 0 aliphatic heterocycles. The smallest absolute Gasteiger partial charge is 0.0701 e. The first-order valence-corrected chi connectivity index (χ1v) is 6.37. The molecular weight excluding hydrogens is 258 g/mol. The number of allylic oxidation sites excluding steroid dienone is 1. The van der Waals surface area contributed by atoms with Crippen molar-refractivity contribution in [2.45, 2.75) is 19.8 Å². The molecule has 0 saturated carbocycles. The highest BCUT2D eigenvalue weighted by Gasteiger charge is 1.98. The van der Waals surface area contributed by atoms with E-state index in [2.05, 4.69) is 46.4 Å². The van der Waals surface area contributed by atoms with Gasteiger partial charge in [-0.25, -0.2) is 0 Å². The van der Waals surface area contributed by atoms with Crippen molar-refractivity contribution >= 4 is 27.3 Å². The van der Waals surface area contributed by atoms with E-state index in [1.54, 1.807) is 0 Å². The van der Waals surface area contributed by atoms with Gasteiger partial charge in [0.2, 0.25) is 0 Å². The molecule has 1 heterocycles. The molecule has 1 rings (SSSR count). The van der Waals surface area contributed by atoms with E-state index < -0.39 is 0 Å². The largest absolute Gasteiger partial charge is 0.319 e. The molecule has 0 fully saturated rings. The maximum Gasteiger partial charge on any atom is 0.0701 e. The summed E-state index contributed by atoms with van der Waals surface area (Å²) in [5, 5.41) is 3.14. The van der Waals surface area contributed by atoms with E-state index in [1.807, 2.05) is 18.4 Å². The third-order valence-corrected chi connectivity index (χ3v) is 3.59. The molecule has 0 atom stereocenters. The van der Waals surface area contributed by atoms with E-state index in [1.165, 1.54) is 14.2 Å². The second-order valence-corrected chi connectivity index (χ2v) is 5.87. The monoisotopic (exact) mass is 273 g/mol. The minimum atomic E-state index is 1.06. The summed E-state index contributed by atoms with van der Waals surface area (Å²) < 4.78 is 1.22. The molecule has 1 aromatic rings. The fourth-order valence-corrected chi connectivity index (χ4v) is 2.84. The number of hydrogen-bond donors (Lipinski definition) is 1. The first-order chi connectivity index (χ1) is 6.72. The van der Waals surface area contributed by atoms with Gasteiger partial charge in [-0.3, -0.25) is 0 Å². The summed E-state index contributed by atoms with van der Waals surface area (Å²) in [5.41, 5.74) is 1.45. The van der Waals surface area contributed by atoms with Gasteiger partial charge in [0, 0.05) is 11.3 Å². The average Bonchev–Trinajstić information content (AvgIpc) is 2.52. The van der Waals surface area contributed by atoms with Crippen molar-refractivity contribution in [2.24, 2.45) is 0 Å². The predicted molar refractivity (Wildman–Crippen MR) is 68.0 cm³/mol. The van der Waals surface area contributed by atoms with E-state index >= 15 is 0 Å². The minimum absolute atomic E-state index is 1.06. The van der Waals surface area contributed by atoms with E-state index in [0.29, 0.717) is 0 Å². The molecule has 1 nitrogen and oxygen atoms in total. The topological polar surface area (TPSA) is 12.0 Å². The highest BCUT2D eigenvalue weighted by molar-refractivity contribution is 9.11. The van der Waals surface area contributed by atoms with Crippen LogP contribution >= 0.6 is 27.3 Å². The van der Waals surface area contributed by atoms with Crippen molar-refractivity contribution in [3.05, 3.63) is 32.4 Å². The number of halogens is 1. The van der Waals surface area contributed by atoms with Crippen LogP contribution in [0.25, 0.3) is 0 Å². The fourth-order valence-electron chi connectivity index (χ4n) is 1.26. The Balaban J connectivity index is 2.40. The van der Waals surface area contributed by atoms with Crippen LogP contribution in [0.5, 0.6) is 0 Å². The molecule has 0 saturated heterocycles. The molecule has 1 aromatic heterocycles. The summed E-state index contributed by atoms with van der Waals surface area (Å²) in [6.45, 7) is 3.26. The summed E-state index contributed by atoms with van der Waals surface area (Å²) in [5.74, 6) is 0. The Morgan fingerprint density at radius 2 is 2.36 bits per heavy atom. The van der Waals surface area contributed by atoms with Gasteiger partial charge in [-0.1, -0.05) is 11.6 Å². The quantitative estimate of drug-likeness (QED) is 0.639. The summed E-state index contributed by atoms with van der Waals surface area (Å²) in [7, 11) is 1.99.